The number of nitrogens with one attached hydrogen (secondary N) is 1. The largest absolute Gasteiger partial charge is 0.417 e. The van der Waals surface area contributed by atoms with Crippen LogP contribution in [-0.2, 0) is 6.18 Å². The molecule has 0 bridgehead atoms. The van der Waals surface area contributed by atoms with Gasteiger partial charge in [0.05, 0.1) is 29.1 Å². The fourth-order valence-corrected chi connectivity index (χ4v) is 3.99. The van der Waals surface area contributed by atoms with Crippen LogP contribution in [0, 0.1) is 6.92 Å². The monoisotopic (exact) mass is 472 g/mol. The zero-order valence-corrected chi connectivity index (χ0v) is 19.1. The first-order chi connectivity index (χ1) is 16.2. The lowest BCUT2D eigenvalue weighted by molar-refractivity contribution is -0.137. The fraction of sp³-hybridized carbons (Fsp3) is 0.375. The predicted molar refractivity (Wildman–Crippen MR) is 122 cm³/mol. The molecule has 1 saturated heterocycles. The Balaban J connectivity index is 1.52. The molecule has 0 spiro atoms. The molecule has 1 unspecified atom stereocenters. The van der Waals surface area contributed by atoms with Gasteiger partial charge in [-0.2, -0.15) is 18.3 Å². The SMILES string of the molecule is Cc1c(C(=O)NC(CN2CCN(C)CC2)c2ccccc2)cnn1-c1ccc(C(F)(F)F)cn1. The standard InChI is InChI=1S/C24H27F3N6O/c1-17-20(15-29-33(17)22-9-8-19(14-28-22)24(25,26)27)23(34)30-21(18-6-4-3-5-7-18)16-32-12-10-31(2)11-13-32/h3-9,14-15,21H,10-13,16H2,1-2H3,(H,30,34). The second kappa shape index (κ2) is 9.94. The lowest BCUT2D eigenvalue weighted by Gasteiger charge is -2.35. The van der Waals surface area contributed by atoms with Crippen molar-refractivity contribution in [1.29, 1.82) is 0 Å². The van der Waals surface area contributed by atoms with Gasteiger partial charge < -0.3 is 10.2 Å². The maximum absolute atomic E-state index is 13.2. The number of halogens is 3. The first kappa shape index (κ1) is 23.9. The van der Waals surface area contributed by atoms with E-state index in [0.29, 0.717) is 17.8 Å². The summed E-state index contributed by atoms with van der Waals surface area (Å²) < 4.78 is 39.9. The van der Waals surface area contributed by atoms with E-state index >= 15 is 0 Å². The molecule has 1 fully saturated rings. The maximum Gasteiger partial charge on any atom is 0.417 e. The summed E-state index contributed by atoms with van der Waals surface area (Å²) in [4.78, 5) is 21.7. The van der Waals surface area contributed by atoms with Crippen LogP contribution in [0.1, 0.15) is 33.2 Å². The summed E-state index contributed by atoms with van der Waals surface area (Å²) in [7, 11) is 2.10. The van der Waals surface area contributed by atoms with Crippen LogP contribution in [0.25, 0.3) is 5.82 Å². The van der Waals surface area contributed by atoms with E-state index in [1.54, 1.807) is 6.92 Å². The Bertz CT molecular complexity index is 1110. The number of piperazine rings is 1. The zero-order chi connectivity index (χ0) is 24.3. The number of carbonyl (C=O) groups is 1. The number of nitrogens with zero attached hydrogens (tertiary/aromatic N) is 5. The highest BCUT2D eigenvalue weighted by Gasteiger charge is 2.31. The van der Waals surface area contributed by atoms with Crippen molar-refractivity contribution in [3.05, 3.63) is 77.2 Å². The van der Waals surface area contributed by atoms with Crippen molar-refractivity contribution in [1.82, 2.24) is 29.9 Å². The Morgan fingerprint density at radius 1 is 1.06 bits per heavy atom. The molecule has 1 aliphatic heterocycles. The summed E-state index contributed by atoms with van der Waals surface area (Å²) in [6, 6.07) is 11.8. The topological polar surface area (TPSA) is 66.3 Å². The van der Waals surface area contributed by atoms with E-state index in [0.717, 1.165) is 44.0 Å². The predicted octanol–water partition coefficient (Wildman–Crippen LogP) is 3.31. The zero-order valence-electron chi connectivity index (χ0n) is 19.1. The van der Waals surface area contributed by atoms with Gasteiger partial charge in [-0.15, -0.1) is 0 Å². The molecule has 10 heteroatoms. The molecule has 1 N–H and O–H groups in total. The van der Waals surface area contributed by atoms with Crippen molar-refractivity contribution in [2.24, 2.45) is 0 Å². The summed E-state index contributed by atoms with van der Waals surface area (Å²) in [5.74, 6) is -0.0831. The number of aromatic nitrogens is 3. The summed E-state index contributed by atoms with van der Waals surface area (Å²) >= 11 is 0. The number of alkyl halides is 3. The second-order valence-electron chi connectivity index (χ2n) is 8.50. The average molecular weight is 473 g/mol. The number of rotatable bonds is 6. The van der Waals surface area contributed by atoms with Crippen molar-refractivity contribution >= 4 is 5.91 Å². The van der Waals surface area contributed by atoms with E-state index in [1.807, 2.05) is 30.3 Å². The molecule has 34 heavy (non-hydrogen) atoms. The first-order valence-electron chi connectivity index (χ1n) is 11.1. The molecule has 3 heterocycles. The molecule has 1 aliphatic rings. The van der Waals surface area contributed by atoms with Crippen molar-refractivity contribution < 1.29 is 18.0 Å². The fourth-order valence-electron chi connectivity index (χ4n) is 3.99. The molecule has 4 rings (SSSR count). The first-order valence-corrected chi connectivity index (χ1v) is 11.1. The Hall–Kier alpha value is -3.24. The molecule has 2 aromatic heterocycles. The van der Waals surface area contributed by atoms with Crippen LogP contribution in [-0.4, -0.2) is 70.2 Å². The number of hydrogen-bond acceptors (Lipinski definition) is 5. The molecule has 3 aromatic rings. The van der Waals surface area contributed by atoms with Crippen LogP contribution in [0.5, 0.6) is 0 Å². The highest BCUT2D eigenvalue weighted by atomic mass is 19.4. The molecule has 1 amide bonds. The number of likely N-dealkylation sites (N-methyl/N-ethyl adjacent to an activating group) is 1. The molecular weight excluding hydrogens is 445 g/mol. The minimum atomic E-state index is -4.47. The van der Waals surface area contributed by atoms with Crippen molar-refractivity contribution in [2.45, 2.75) is 19.1 Å². The Kier molecular flexibility index (Phi) is 6.99. The van der Waals surface area contributed by atoms with E-state index in [2.05, 4.69) is 32.2 Å². The Morgan fingerprint density at radius 3 is 2.38 bits per heavy atom. The minimum absolute atomic E-state index is 0.210. The van der Waals surface area contributed by atoms with Crippen molar-refractivity contribution in [3.8, 4) is 5.82 Å². The minimum Gasteiger partial charge on any atom is -0.344 e. The lowest BCUT2D eigenvalue weighted by Crippen LogP contribution is -2.47. The summed E-state index contributed by atoms with van der Waals surface area (Å²) in [6.07, 6.45) is -2.29. The second-order valence-corrected chi connectivity index (χ2v) is 8.50. The Morgan fingerprint density at radius 2 is 1.76 bits per heavy atom. The number of hydrogen-bond donors (Lipinski definition) is 1. The summed E-state index contributed by atoms with van der Waals surface area (Å²) in [5, 5.41) is 7.33. The van der Waals surface area contributed by atoms with Crippen LogP contribution in [0.4, 0.5) is 13.2 Å². The molecule has 1 aromatic carbocycles. The molecule has 180 valence electrons. The van der Waals surface area contributed by atoms with Gasteiger partial charge >= 0.3 is 6.18 Å². The van der Waals surface area contributed by atoms with E-state index in [1.165, 1.54) is 16.9 Å². The molecule has 1 atom stereocenters. The highest BCUT2D eigenvalue weighted by Crippen LogP contribution is 2.29. The van der Waals surface area contributed by atoms with Gasteiger partial charge in [0.1, 0.15) is 0 Å². The molecular formula is C24H27F3N6O. The van der Waals surface area contributed by atoms with Gasteiger partial charge in [0.2, 0.25) is 0 Å². The van der Waals surface area contributed by atoms with Gasteiger partial charge in [-0.3, -0.25) is 9.69 Å². The van der Waals surface area contributed by atoms with Gasteiger partial charge in [0, 0.05) is 38.9 Å². The smallest absolute Gasteiger partial charge is 0.344 e. The van der Waals surface area contributed by atoms with E-state index in [4.69, 9.17) is 0 Å². The van der Waals surface area contributed by atoms with Gasteiger partial charge in [-0.25, -0.2) is 9.67 Å². The summed E-state index contributed by atoms with van der Waals surface area (Å²) in [5.41, 5.74) is 1.01. The molecule has 0 saturated carbocycles. The molecule has 0 radical (unpaired) electrons. The average Bonchev–Trinajstić information content (AvgIpc) is 3.21. The molecule has 7 nitrogen and oxygen atoms in total. The van der Waals surface area contributed by atoms with Crippen molar-refractivity contribution in [3.63, 3.8) is 0 Å². The van der Waals surface area contributed by atoms with Crippen LogP contribution in [0.15, 0.2) is 54.9 Å². The lowest BCUT2D eigenvalue weighted by atomic mass is 10.1. The van der Waals surface area contributed by atoms with Crippen LogP contribution in [0.3, 0.4) is 0 Å². The number of pyridine rings is 1. The quantitative estimate of drug-likeness (QED) is 0.596. The third-order valence-electron chi connectivity index (χ3n) is 6.09. The van der Waals surface area contributed by atoms with Gasteiger partial charge in [0.15, 0.2) is 5.82 Å². The highest BCUT2D eigenvalue weighted by molar-refractivity contribution is 5.95. The van der Waals surface area contributed by atoms with Crippen LogP contribution >= 0.6 is 0 Å². The maximum atomic E-state index is 13.2. The van der Waals surface area contributed by atoms with Crippen LogP contribution in [0.2, 0.25) is 0 Å². The van der Waals surface area contributed by atoms with Crippen LogP contribution < -0.4 is 5.32 Å². The van der Waals surface area contributed by atoms with Crippen molar-refractivity contribution in [2.75, 3.05) is 39.8 Å². The van der Waals surface area contributed by atoms with E-state index in [-0.39, 0.29) is 17.8 Å². The third-order valence-corrected chi connectivity index (χ3v) is 6.09. The van der Waals surface area contributed by atoms with Gasteiger partial charge in [0.25, 0.3) is 5.91 Å². The molecule has 0 aliphatic carbocycles. The summed E-state index contributed by atoms with van der Waals surface area (Å²) in [6.45, 7) is 6.16. The van der Waals surface area contributed by atoms with E-state index < -0.39 is 11.7 Å². The van der Waals surface area contributed by atoms with Gasteiger partial charge in [-0.1, -0.05) is 30.3 Å². The number of amides is 1. The number of carbonyl (C=O) groups excluding carboxylic acids is 1. The normalized spacial score (nSPS) is 16.4. The van der Waals surface area contributed by atoms with Gasteiger partial charge in [-0.05, 0) is 31.7 Å². The van der Waals surface area contributed by atoms with E-state index in [9.17, 15) is 18.0 Å². The number of benzene rings is 1. The third kappa shape index (κ3) is 5.45. The Labute approximate surface area is 196 Å².